The molecule has 1 aromatic carbocycles. The molecule has 0 aromatic heterocycles. The van der Waals surface area contributed by atoms with Crippen molar-refractivity contribution in [2.75, 3.05) is 33.0 Å². The normalized spacial score (nSPS) is 24.9. The molecule has 2 aliphatic carbocycles. The highest BCUT2D eigenvalue weighted by atomic mass is 16.6. The molecule has 11 heteroatoms. The molecule has 4 unspecified atom stereocenters. The van der Waals surface area contributed by atoms with E-state index in [0.717, 1.165) is 44.9 Å². The zero-order valence-electron chi connectivity index (χ0n) is 33.9. The Kier molecular flexibility index (Phi) is 16.9. The molecule has 2 saturated carbocycles. The summed E-state index contributed by atoms with van der Waals surface area (Å²) in [6.07, 6.45) is 15.0. The highest BCUT2D eigenvalue weighted by Gasteiger charge is 2.56. The van der Waals surface area contributed by atoms with Gasteiger partial charge in [0.1, 0.15) is 19.0 Å². The van der Waals surface area contributed by atoms with Gasteiger partial charge in [-0.25, -0.2) is 19.2 Å². The number of alkyl carbamates (subject to hydrolysis) is 1. The zero-order valence-corrected chi connectivity index (χ0v) is 33.9. The number of hydrogen-bond acceptors (Lipinski definition) is 9. The van der Waals surface area contributed by atoms with Crippen LogP contribution in [0.1, 0.15) is 123 Å². The Bertz CT molecular complexity index is 1440. The first-order valence-electron chi connectivity index (χ1n) is 20.6. The number of amides is 2. The van der Waals surface area contributed by atoms with Gasteiger partial charge in [-0.05, 0) is 107 Å². The van der Waals surface area contributed by atoms with Crippen LogP contribution in [0.3, 0.4) is 0 Å². The third kappa shape index (κ3) is 14.2. The van der Waals surface area contributed by atoms with Crippen molar-refractivity contribution in [3.05, 3.63) is 54.6 Å². The Morgan fingerprint density at radius 3 is 2.16 bits per heavy atom. The summed E-state index contributed by atoms with van der Waals surface area (Å²) in [4.78, 5) is 52.2. The Hall–Kier alpha value is -4.02. The molecule has 55 heavy (non-hydrogen) atoms. The molecule has 3 fully saturated rings. The maximum Gasteiger partial charge on any atom is 0.410 e. The molecule has 1 N–H and O–H groups in total. The van der Waals surface area contributed by atoms with Crippen molar-refractivity contribution in [2.45, 2.75) is 142 Å². The number of likely N-dealkylation sites (tertiary alicyclic amines) is 1. The third-order valence-electron chi connectivity index (χ3n) is 11.5. The summed E-state index contributed by atoms with van der Waals surface area (Å²) in [6, 6.07) is 7.72. The predicted molar refractivity (Wildman–Crippen MR) is 212 cm³/mol. The van der Waals surface area contributed by atoms with Gasteiger partial charge in [0.15, 0.2) is 6.10 Å². The van der Waals surface area contributed by atoms with Crippen LogP contribution in [0.2, 0.25) is 0 Å². The average molecular weight is 767 g/mol. The van der Waals surface area contributed by atoms with E-state index >= 15 is 0 Å². The molecular weight excluding hydrogens is 700 g/mol. The van der Waals surface area contributed by atoms with Crippen LogP contribution in [0.15, 0.2) is 49.1 Å². The summed E-state index contributed by atoms with van der Waals surface area (Å²) in [6.45, 7) is 16.2. The monoisotopic (exact) mass is 766 g/mol. The highest BCUT2D eigenvalue weighted by molar-refractivity contribution is 5.87. The molecule has 1 aliphatic heterocycles. The van der Waals surface area contributed by atoms with E-state index < -0.39 is 29.7 Å². The van der Waals surface area contributed by atoms with Crippen LogP contribution in [-0.4, -0.2) is 79.7 Å². The zero-order chi connectivity index (χ0) is 39.8. The molecule has 0 radical (unpaired) electrons. The van der Waals surface area contributed by atoms with Crippen LogP contribution < -0.4 is 10.1 Å². The first-order valence-corrected chi connectivity index (χ1v) is 20.6. The number of ether oxygens (including phenoxy) is 5. The van der Waals surface area contributed by atoms with E-state index in [4.69, 9.17) is 23.7 Å². The molecule has 1 saturated heterocycles. The van der Waals surface area contributed by atoms with Gasteiger partial charge in [-0.15, -0.1) is 0 Å². The number of benzene rings is 1. The number of rotatable bonds is 21. The van der Waals surface area contributed by atoms with E-state index in [0.29, 0.717) is 44.3 Å². The molecule has 2 amide bonds. The van der Waals surface area contributed by atoms with Gasteiger partial charge in [-0.3, -0.25) is 0 Å². The first kappa shape index (κ1) is 43.7. The van der Waals surface area contributed by atoms with Crippen molar-refractivity contribution in [1.29, 1.82) is 0 Å². The molecule has 2 bridgehead atoms. The van der Waals surface area contributed by atoms with E-state index in [9.17, 15) is 19.2 Å². The number of nitrogens with zero attached hydrogens (tertiary/aromatic N) is 1. The second-order valence-corrected chi connectivity index (χ2v) is 16.9. The smallest absolute Gasteiger partial charge is 0.410 e. The lowest BCUT2D eigenvalue weighted by Gasteiger charge is -2.41. The van der Waals surface area contributed by atoms with E-state index in [1.54, 1.807) is 6.92 Å². The summed E-state index contributed by atoms with van der Waals surface area (Å²) in [5.74, 6) is 0.263. The fraction of sp³-hybridized carbons (Fsp3) is 0.682. The quantitative estimate of drug-likeness (QED) is 0.0565. The SMILES string of the molecule is C=CC(=O)OCC1CCC(COC(=O)N2CC3(C)CC(NC(=O)OC(COC(=O)C(=C)C)COc4ccc(CCCCCCCCC)cc4)CC2(C)C3)CC1. The van der Waals surface area contributed by atoms with E-state index in [1.165, 1.54) is 50.2 Å². The number of hydrogen-bond donors (Lipinski definition) is 1. The van der Waals surface area contributed by atoms with Crippen molar-refractivity contribution >= 4 is 24.1 Å². The Labute approximate surface area is 328 Å². The largest absolute Gasteiger partial charge is 0.490 e. The minimum Gasteiger partial charge on any atom is -0.490 e. The standard InChI is InChI=1S/C44H66N2O9/c1-7-9-10-11-12-13-14-15-33-20-22-37(23-21-33)51-28-38(29-53-40(48)32(3)4)55-41(49)45-36-24-43(5)30-44(6,25-36)46(31-43)42(50)54-27-35-18-16-34(17-19-35)26-52-39(47)8-2/h8,20-23,34-36,38H,2-3,7,9-19,24-31H2,1,4-6H3,(H,45,49). The fourth-order valence-electron chi connectivity index (χ4n) is 8.63. The number of unbranched alkanes of at least 4 members (excludes halogenated alkanes) is 6. The lowest BCUT2D eigenvalue weighted by atomic mass is 9.70. The van der Waals surface area contributed by atoms with Gasteiger partial charge in [-0.1, -0.05) is 77.7 Å². The number of carbonyl (C=O) groups is 4. The van der Waals surface area contributed by atoms with E-state index in [2.05, 4.69) is 51.4 Å². The minimum absolute atomic E-state index is 0.00186. The Morgan fingerprint density at radius 1 is 0.891 bits per heavy atom. The van der Waals surface area contributed by atoms with Crippen LogP contribution in [0.5, 0.6) is 5.75 Å². The molecule has 1 heterocycles. The summed E-state index contributed by atoms with van der Waals surface area (Å²) in [7, 11) is 0. The second-order valence-electron chi connectivity index (χ2n) is 16.9. The average Bonchev–Trinajstić information content (AvgIpc) is 3.36. The highest BCUT2D eigenvalue weighted by Crippen LogP contribution is 2.51. The third-order valence-corrected chi connectivity index (χ3v) is 11.5. The van der Waals surface area contributed by atoms with Crippen molar-refractivity contribution in [3.8, 4) is 5.75 Å². The van der Waals surface area contributed by atoms with Gasteiger partial charge in [0.25, 0.3) is 0 Å². The molecule has 3 aliphatic rings. The van der Waals surface area contributed by atoms with E-state index in [1.807, 2.05) is 17.0 Å². The van der Waals surface area contributed by atoms with Crippen LogP contribution in [0.4, 0.5) is 9.59 Å². The number of esters is 2. The van der Waals surface area contributed by atoms with Crippen LogP contribution in [0.25, 0.3) is 0 Å². The molecule has 1 aromatic rings. The number of nitrogens with one attached hydrogen (secondary N) is 1. The van der Waals surface area contributed by atoms with Gasteiger partial charge in [0, 0.05) is 29.8 Å². The topological polar surface area (TPSA) is 130 Å². The van der Waals surface area contributed by atoms with Gasteiger partial charge >= 0.3 is 24.1 Å². The molecule has 0 spiro atoms. The fourth-order valence-corrected chi connectivity index (χ4v) is 8.63. The summed E-state index contributed by atoms with van der Waals surface area (Å²) < 4.78 is 28.3. The van der Waals surface area contributed by atoms with Gasteiger partial charge in [0.05, 0.1) is 13.2 Å². The van der Waals surface area contributed by atoms with Gasteiger partial charge in [0.2, 0.25) is 0 Å². The van der Waals surface area contributed by atoms with Crippen molar-refractivity contribution < 1.29 is 42.9 Å². The summed E-state index contributed by atoms with van der Waals surface area (Å²) in [5.41, 5.74) is 0.808. The second kappa shape index (κ2) is 21.3. The van der Waals surface area contributed by atoms with Crippen molar-refractivity contribution in [3.63, 3.8) is 0 Å². The van der Waals surface area contributed by atoms with Crippen molar-refractivity contribution in [1.82, 2.24) is 10.2 Å². The molecular formula is C44H66N2O9. The number of aryl methyl sites for hydroxylation is 1. The van der Waals surface area contributed by atoms with Gasteiger partial charge < -0.3 is 33.9 Å². The Balaban J connectivity index is 1.24. The maximum absolute atomic E-state index is 13.5. The van der Waals surface area contributed by atoms with Gasteiger partial charge in [-0.2, -0.15) is 0 Å². The first-order chi connectivity index (χ1) is 26.3. The summed E-state index contributed by atoms with van der Waals surface area (Å²) in [5, 5.41) is 3.03. The predicted octanol–water partition coefficient (Wildman–Crippen LogP) is 8.88. The van der Waals surface area contributed by atoms with E-state index in [-0.39, 0.29) is 42.3 Å². The van der Waals surface area contributed by atoms with Crippen molar-refractivity contribution in [2.24, 2.45) is 17.3 Å². The molecule has 306 valence electrons. The van der Waals surface area contributed by atoms with Crippen LogP contribution >= 0.6 is 0 Å². The number of fused-ring (bicyclic) bond motifs is 2. The summed E-state index contributed by atoms with van der Waals surface area (Å²) >= 11 is 0. The molecule has 4 rings (SSSR count). The maximum atomic E-state index is 13.5. The lowest BCUT2D eigenvalue weighted by molar-refractivity contribution is -0.142. The Morgan fingerprint density at radius 2 is 1.53 bits per heavy atom. The van der Waals surface area contributed by atoms with Crippen LogP contribution in [-0.2, 0) is 35.0 Å². The van der Waals surface area contributed by atoms with Crippen LogP contribution in [0, 0.1) is 17.3 Å². The molecule has 11 nitrogen and oxygen atoms in total. The lowest BCUT2D eigenvalue weighted by Crippen LogP contribution is -2.51. The minimum atomic E-state index is -0.856. The number of carbonyl (C=O) groups excluding carboxylic acids is 4. The molecule has 4 atom stereocenters.